The Hall–Kier alpha value is -3.36. The van der Waals surface area contributed by atoms with Gasteiger partial charge in [-0.3, -0.25) is 14.6 Å². The summed E-state index contributed by atoms with van der Waals surface area (Å²) in [6.07, 6.45) is -0.886. The van der Waals surface area contributed by atoms with Crippen molar-refractivity contribution < 1.29 is 13.2 Å². The normalized spacial score (nSPS) is 13.1. The molecule has 1 N–H and O–H groups in total. The van der Waals surface area contributed by atoms with E-state index < -0.39 is 17.4 Å². The SMILES string of the molecule is CC(Cc1cc(=O)n2[nH]c(C(F)(F)F)c(-c3ccccc3)c2n1)n1cccn1. The minimum absolute atomic E-state index is 0.0475. The minimum Gasteiger partial charge on any atom is -0.284 e. The van der Waals surface area contributed by atoms with Crippen LogP contribution in [0.3, 0.4) is 0 Å². The van der Waals surface area contributed by atoms with Gasteiger partial charge in [0.2, 0.25) is 0 Å². The van der Waals surface area contributed by atoms with Crippen LogP contribution in [0, 0.1) is 0 Å². The summed E-state index contributed by atoms with van der Waals surface area (Å²) in [6, 6.07) is 11.0. The summed E-state index contributed by atoms with van der Waals surface area (Å²) in [5.74, 6) is 0. The monoisotopic (exact) mass is 387 g/mol. The molecule has 3 heterocycles. The Kier molecular flexibility index (Phi) is 4.29. The first-order chi connectivity index (χ1) is 13.3. The molecule has 0 spiro atoms. The predicted octanol–water partition coefficient (Wildman–Crippen LogP) is 3.71. The van der Waals surface area contributed by atoms with E-state index >= 15 is 0 Å². The van der Waals surface area contributed by atoms with Gasteiger partial charge in [0.05, 0.1) is 17.3 Å². The van der Waals surface area contributed by atoms with Crippen LogP contribution in [0.2, 0.25) is 0 Å². The van der Waals surface area contributed by atoms with Crippen LogP contribution in [-0.2, 0) is 12.6 Å². The van der Waals surface area contributed by atoms with E-state index in [0.717, 1.165) is 4.52 Å². The number of aromatic nitrogens is 5. The lowest BCUT2D eigenvalue weighted by atomic mass is 10.1. The highest BCUT2D eigenvalue weighted by Crippen LogP contribution is 2.38. The number of fused-ring (bicyclic) bond motifs is 1. The molecule has 144 valence electrons. The average Bonchev–Trinajstić information content (AvgIpc) is 3.30. The van der Waals surface area contributed by atoms with E-state index in [0.29, 0.717) is 17.7 Å². The first-order valence-corrected chi connectivity index (χ1v) is 8.61. The molecule has 4 aromatic rings. The summed E-state index contributed by atoms with van der Waals surface area (Å²) in [6.45, 7) is 1.90. The lowest BCUT2D eigenvalue weighted by Gasteiger charge is -2.11. The number of nitrogens with one attached hydrogen (secondary N) is 1. The molecular weight excluding hydrogens is 371 g/mol. The first-order valence-electron chi connectivity index (χ1n) is 8.61. The van der Waals surface area contributed by atoms with Crippen LogP contribution in [0.25, 0.3) is 16.8 Å². The number of rotatable bonds is 4. The molecule has 0 radical (unpaired) electrons. The quantitative estimate of drug-likeness (QED) is 0.581. The Morgan fingerprint density at radius 3 is 2.57 bits per heavy atom. The molecule has 4 rings (SSSR count). The van der Waals surface area contributed by atoms with Crippen LogP contribution < -0.4 is 5.56 Å². The predicted molar refractivity (Wildman–Crippen MR) is 96.9 cm³/mol. The fourth-order valence-corrected chi connectivity index (χ4v) is 3.21. The molecule has 28 heavy (non-hydrogen) atoms. The van der Waals surface area contributed by atoms with Gasteiger partial charge in [0, 0.05) is 24.9 Å². The minimum atomic E-state index is -4.66. The molecule has 0 saturated heterocycles. The molecule has 0 aliphatic rings. The molecule has 0 bridgehead atoms. The Labute approximate surface area is 157 Å². The number of aromatic amines is 1. The van der Waals surface area contributed by atoms with E-state index in [1.807, 2.05) is 6.92 Å². The van der Waals surface area contributed by atoms with Gasteiger partial charge >= 0.3 is 6.18 Å². The lowest BCUT2D eigenvalue weighted by Crippen LogP contribution is -2.18. The van der Waals surface area contributed by atoms with Crippen molar-refractivity contribution >= 4 is 5.65 Å². The maximum Gasteiger partial charge on any atom is 0.433 e. The summed E-state index contributed by atoms with van der Waals surface area (Å²) in [5.41, 5.74) is -1.05. The molecule has 1 aromatic carbocycles. The molecule has 0 fully saturated rings. The summed E-state index contributed by atoms with van der Waals surface area (Å²) in [5, 5.41) is 6.33. The topological polar surface area (TPSA) is 68.0 Å². The second-order valence-corrected chi connectivity index (χ2v) is 6.51. The number of hydrogen-bond donors (Lipinski definition) is 1. The van der Waals surface area contributed by atoms with Gasteiger partial charge < -0.3 is 0 Å². The van der Waals surface area contributed by atoms with Crippen molar-refractivity contribution in [2.24, 2.45) is 0 Å². The zero-order valence-electron chi connectivity index (χ0n) is 14.8. The second kappa shape index (κ2) is 6.66. The molecule has 0 amide bonds. The van der Waals surface area contributed by atoms with E-state index in [4.69, 9.17) is 0 Å². The van der Waals surface area contributed by atoms with Crippen molar-refractivity contribution in [3.8, 4) is 11.1 Å². The van der Waals surface area contributed by atoms with Crippen LogP contribution in [-0.4, -0.2) is 24.4 Å². The Morgan fingerprint density at radius 1 is 1.18 bits per heavy atom. The van der Waals surface area contributed by atoms with Gasteiger partial charge in [-0.25, -0.2) is 9.50 Å². The molecule has 0 aliphatic heterocycles. The summed E-state index contributed by atoms with van der Waals surface area (Å²) in [7, 11) is 0. The third-order valence-electron chi connectivity index (χ3n) is 4.50. The number of nitrogens with zero attached hydrogens (tertiary/aromatic N) is 4. The smallest absolute Gasteiger partial charge is 0.284 e. The maximum absolute atomic E-state index is 13.6. The molecule has 1 unspecified atom stereocenters. The third kappa shape index (κ3) is 3.19. The number of halogens is 3. The molecule has 0 saturated carbocycles. The van der Waals surface area contributed by atoms with E-state index in [-0.39, 0.29) is 17.3 Å². The Morgan fingerprint density at radius 2 is 1.93 bits per heavy atom. The number of alkyl halides is 3. The van der Waals surface area contributed by atoms with Gasteiger partial charge in [0.15, 0.2) is 5.65 Å². The highest BCUT2D eigenvalue weighted by molar-refractivity contribution is 5.80. The number of hydrogen-bond acceptors (Lipinski definition) is 3. The van der Waals surface area contributed by atoms with Gasteiger partial charge in [-0.05, 0) is 18.6 Å². The first kappa shape index (κ1) is 18.0. The largest absolute Gasteiger partial charge is 0.433 e. The van der Waals surface area contributed by atoms with Crippen LogP contribution in [0.4, 0.5) is 13.2 Å². The van der Waals surface area contributed by atoms with Crippen molar-refractivity contribution in [1.29, 1.82) is 0 Å². The summed E-state index contributed by atoms with van der Waals surface area (Å²) >= 11 is 0. The lowest BCUT2D eigenvalue weighted by molar-refractivity contribution is -0.140. The fourth-order valence-electron chi connectivity index (χ4n) is 3.21. The fraction of sp³-hybridized carbons (Fsp3) is 0.211. The molecule has 3 aromatic heterocycles. The standard InChI is InChI=1S/C19H16F3N5O/c1-12(26-9-5-8-23-26)10-14-11-15(28)27-18(24-14)16(13-6-3-2-4-7-13)17(25-27)19(20,21)22/h2-9,11-12,25H,10H2,1H3. The van der Waals surface area contributed by atoms with Crippen LogP contribution >= 0.6 is 0 Å². The van der Waals surface area contributed by atoms with Crippen LogP contribution in [0.5, 0.6) is 0 Å². The van der Waals surface area contributed by atoms with E-state index in [2.05, 4.69) is 15.2 Å². The Balaban J connectivity index is 1.90. The second-order valence-electron chi connectivity index (χ2n) is 6.51. The average molecular weight is 387 g/mol. The highest BCUT2D eigenvalue weighted by atomic mass is 19.4. The van der Waals surface area contributed by atoms with Crippen molar-refractivity contribution in [3.05, 3.63) is 76.6 Å². The van der Waals surface area contributed by atoms with E-state index in [1.54, 1.807) is 53.5 Å². The van der Waals surface area contributed by atoms with Crippen molar-refractivity contribution in [3.63, 3.8) is 0 Å². The summed E-state index contributed by atoms with van der Waals surface area (Å²) < 4.78 is 43.4. The summed E-state index contributed by atoms with van der Waals surface area (Å²) in [4.78, 5) is 16.9. The van der Waals surface area contributed by atoms with Crippen molar-refractivity contribution in [2.75, 3.05) is 0 Å². The van der Waals surface area contributed by atoms with Gasteiger partial charge in [-0.15, -0.1) is 0 Å². The van der Waals surface area contributed by atoms with E-state index in [9.17, 15) is 18.0 Å². The number of benzene rings is 1. The molecule has 9 heteroatoms. The third-order valence-corrected chi connectivity index (χ3v) is 4.50. The maximum atomic E-state index is 13.6. The molecular formula is C19H16F3N5O. The Bertz CT molecular complexity index is 1160. The van der Waals surface area contributed by atoms with Crippen LogP contribution in [0.1, 0.15) is 24.4 Å². The zero-order chi connectivity index (χ0) is 19.9. The molecule has 0 aliphatic carbocycles. The van der Waals surface area contributed by atoms with Gasteiger partial charge in [0.25, 0.3) is 5.56 Å². The zero-order valence-corrected chi connectivity index (χ0v) is 14.8. The van der Waals surface area contributed by atoms with E-state index in [1.165, 1.54) is 6.07 Å². The van der Waals surface area contributed by atoms with Gasteiger partial charge in [-0.2, -0.15) is 18.3 Å². The van der Waals surface area contributed by atoms with Crippen LogP contribution in [0.15, 0.2) is 59.7 Å². The van der Waals surface area contributed by atoms with Gasteiger partial charge in [0.1, 0.15) is 5.69 Å². The highest BCUT2D eigenvalue weighted by Gasteiger charge is 2.38. The van der Waals surface area contributed by atoms with Crippen molar-refractivity contribution in [1.82, 2.24) is 24.4 Å². The molecule has 6 nitrogen and oxygen atoms in total. The van der Waals surface area contributed by atoms with Gasteiger partial charge in [-0.1, -0.05) is 30.3 Å². The number of H-pyrrole nitrogens is 1. The molecule has 1 atom stereocenters. The van der Waals surface area contributed by atoms with Crippen molar-refractivity contribution in [2.45, 2.75) is 25.6 Å².